The zero-order valence-corrected chi connectivity index (χ0v) is 19.3. The van der Waals surface area contributed by atoms with Crippen LogP contribution in [-0.2, 0) is 4.79 Å². The van der Waals surface area contributed by atoms with Gasteiger partial charge in [-0.1, -0.05) is 29.8 Å². The highest BCUT2D eigenvalue weighted by Crippen LogP contribution is 2.27. The van der Waals surface area contributed by atoms with Crippen LogP contribution in [0, 0.1) is 20.8 Å². The predicted molar refractivity (Wildman–Crippen MR) is 128 cm³/mol. The number of carbonyl (C=O) groups excluding carboxylic acids is 1. The highest BCUT2D eigenvalue weighted by Gasteiger charge is 2.08. The van der Waals surface area contributed by atoms with E-state index in [0.29, 0.717) is 16.5 Å². The number of hydrogen-bond donors (Lipinski definition) is 1. The number of halogens is 2. The first-order valence-electron chi connectivity index (χ1n) is 9.42. The van der Waals surface area contributed by atoms with E-state index in [2.05, 4.69) is 46.2 Å². The zero-order valence-electron chi connectivity index (χ0n) is 17.0. The Balaban J connectivity index is 1.61. The Kier molecular flexibility index (Phi) is 7.29. The van der Waals surface area contributed by atoms with E-state index in [1.165, 1.54) is 5.56 Å². The van der Waals surface area contributed by atoms with Gasteiger partial charge in [0.2, 0.25) is 0 Å². The van der Waals surface area contributed by atoms with Crippen molar-refractivity contribution in [2.45, 2.75) is 20.8 Å². The van der Waals surface area contributed by atoms with Gasteiger partial charge in [0.05, 0.1) is 10.2 Å². The molecule has 3 aromatic carbocycles. The van der Waals surface area contributed by atoms with E-state index in [-0.39, 0.29) is 12.5 Å². The van der Waals surface area contributed by atoms with Gasteiger partial charge in [0, 0.05) is 16.9 Å². The van der Waals surface area contributed by atoms with E-state index in [0.717, 1.165) is 26.9 Å². The Labute approximate surface area is 190 Å². The van der Waals surface area contributed by atoms with Gasteiger partial charge in [-0.2, -0.15) is 0 Å². The smallest absolute Gasteiger partial charge is 0.262 e. The topological polar surface area (TPSA) is 50.7 Å². The quantitative estimate of drug-likeness (QED) is 0.391. The molecule has 0 heterocycles. The SMILES string of the molecule is Cc1ccc(NC(=O)COc2ccc(C=Nc3cccc(C)c3C)cc2Br)cc1Cl. The molecule has 0 atom stereocenters. The maximum Gasteiger partial charge on any atom is 0.262 e. The van der Waals surface area contributed by atoms with Crippen LogP contribution in [0.4, 0.5) is 11.4 Å². The van der Waals surface area contributed by atoms with Gasteiger partial charge in [-0.05, 0) is 95.4 Å². The van der Waals surface area contributed by atoms with Crippen LogP contribution in [0.5, 0.6) is 5.75 Å². The van der Waals surface area contributed by atoms with Crippen LogP contribution in [0.3, 0.4) is 0 Å². The van der Waals surface area contributed by atoms with E-state index in [1.54, 1.807) is 12.1 Å². The predicted octanol–water partition coefficient (Wildman–Crippen LogP) is 6.80. The Morgan fingerprint density at radius 1 is 1.10 bits per heavy atom. The highest BCUT2D eigenvalue weighted by atomic mass is 79.9. The molecule has 0 radical (unpaired) electrons. The van der Waals surface area contributed by atoms with Crippen LogP contribution in [0.1, 0.15) is 22.3 Å². The standard InChI is InChI=1S/C24H22BrClN2O2/c1-15-5-4-6-22(17(15)3)27-13-18-8-10-23(20(25)11-18)30-14-24(29)28-19-9-7-16(2)21(26)12-19/h4-13H,14H2,1-3H3,(H,28,29). The van der Waals surface area contributed by atoms with Crippen LogP contribution in [-0.4, -0.2) is 18.7 Å². The summed E-state index contributed by atoms with van der Waals surface area (Å²) in [6.07, 6.45) is 1.81. The molecule has 0 aliphatic rings. The van der Waals surface area contributed by atoms with E-state index >= 15 is 0 Å². The number of aliphatic imine (C=N–C) groups is 1. The molecule has 0 aliphatic carbocycles. The van der Waals surface area contributed by atoms with E-state index in [4.69, 9.17) is 16.3 Å². The van der Waals surface area contributed by atoms with Crippen LogP contribution in [0.2, 0.25) is 5.02 Å². The molecule has 0 aromatic heterocycles. The lowest BCUT2D eigenvalue weighted by molar-refractivity contribution is -0.118. The lowest BCUT2D eigenvalue weighted by Crippen LogP contribution is -2.20. The van der Waals surface area contributed by atoms with Crippen LogP contribution in [0.25, 0.3) is 0 Å². The van der Waals surface area contributed by atoms with Crippen molar-refractivity contribution in [2.24, 2.45) is 4.99 Å². The number of rotatable bonds is 6. The van der Waals surface area contributed by atoms with Crippen molar-refractivity contribution in [3.8, 4) is 5.75 Å². The van der Waals surface area contributed by atoms with Crippen molar-refractivity contribution in [2.75, 3.05) is 11.9 Å². The number of aryl methyl sites for hydroxylation is 2. The molecule has 6 heteroatoms. The molecule has 1 amide bonds. The average Bonchev–Trinajstić information content (AvgIpc) is 2.71. The van der Waals surface area contributed by atoms with Gasteiger partial charge in [-0.25, -0.2) is 0 Å². The molecule has 0 spiro atoms. The molecule has 154 valence electrons. The Morgan fingerprint density at radius 3 is 2.63 bits per heavy atom. The van der Waals surface area contributed by atoms with Crippen LogP contribution >= 0.6 is 27.5 Å². The molecule has 4 nitrogen and oxygen atoms in total. The molecule has 3 rings (SSSR count). The fourth-order valence-electron chi connectivity index (χ4n) is 2.74. The summed E-state index contributed by atoms with van der Waals surface area (Å²) in [4.78, 5) is 16.7. The van der Waals surface area contributed by atoms with Gasteiger partial charge in [-0.15, -0.1) is 0 Å². The van der Waals surface area contributed by atoms with Crippen molar-refractivity contribution in [1.29, 1.82) is 0 Å². The van der Waals surface area contributed by atoms with Crippen LogP contribution < -0.4 is 10.1 Å². The molecule has 0 saturated heterocycles. The summed E-state index contributed by atoms with van der Waals surface area (Å²) < 4.78 is 6.39. The summed E-state index contributed by atoms with van der Waals surface area (Å²) >= 11 is 9.59. The molecule has 0 saturated carbocycles. The molecule has 0 unspecified atom stereocenters. The van der Waals surface area contributed by atoms with Gasteiger partial charge in [0.15, 0.2) is 6.61 Å². The first-order chi connectivity index (χ1) is 14.3. The second kappa shape index (κ2) is 9.92. The van der Waals surface area contributed by atoms with Crippen molar-refractivity contribution >= 4 is 51.0 Å². The Hall–Kier alpha value is -2.63. The maximum absolute atomic E-state index is 12.2. The van der Waals surface area contributed by atoms with Crippen molar-refractivity contribution in [1.82, 2.24) is 0 Å². The summed E-state index contributed by atoms with van der Waals surface area (Å²) in [5.41, 5.74) is 5.83. The first kappa shape index (κ1) is 22.1. The highest BCUT2D eigenvalue weighted by molar-refractivity contribution is 9.10. The Morgan fingerprint density at radius 2 is 1.90 bits per heavy atom. The molecule has 1 N–H and O–H groups in total. The van der Waals surface area contributed by atoms with Crippen molar-refractivity contribution < 1.29 is 9.53 Å². The number of amides is 1. The number of nitrogens with zero attached hydrogens (tertiary/aromatic N) is 1. The fourth-order valence-corrected chi connectivity index (χ4v) is 3.44. The first-order valence-corrected chi connectivity index (χ1v) is 10.6. The van der Waals surface area contributed by atoms with Crippen LogP contribution in [0.15, 0.2) is 64.1 Å². The second-order valence-corrected chi connectivity index (χ2v) is 8.23. The normalized spacial score (nSPS) is 11.0. The minimum absolute atomic E-state index is 0.111. The van der Waals surface area contributed by atoms with E-state index in [9.17, 15) is 4.79 Å². The van der Waals surface area contributed by atoms with Gasteiger partial charge >= 0.3 is 0 Å². The number of ether oxygens (including phenoxy) is 1. The fraction of sp³-hybridized carbons (Fsp3) is 0.167. The van der Waals surface area contributed by atoms with E-state index < -0.39 is 0 Å². The average molecular weight is 486 g/mol. The molecule has 3 aromatic rings. The van der Waals surface area contributed by atoms with Crippen molar-refractivity contribution in [3.63, 3.8) is 0 Å². The third-order valence-corrected chi connectivity index (χ3v) is 5.73. The molecule has 0 aliphatic heterocycles. The van der Waals surface area contributed by atoms with Gasteiger partial charge in [0.25, 0.3) is 5.91 Å². The summed E-state index contributed by atoms with van der Waals surface area (Å²) in [6.45, 7) is 5.93. The number of nitrogens with one attached hydrogen (secondary N) is 1. The number of benzene rings is 3. The lowest BCUT2D eigenvalue weighted by Gasteiger charge is -2.10. The zero-order chi connectivity index (χ0) is 21.7. The second-order valence-electron chi connectivity index (χ2n) is 6.97. The summed E-state index contributed by atoms with van der Waals surface area (Å²) in [5, 5.41) is 3.38. The maximum atomic E-state index is 12.2. The molecular formula is C24H22BrClN2O2. The number of hydrogen-bond acceptors (Lipinski definition) is 3. The molecule has 0 fully saturated rings. The largest absolute Gasteiger partial charge is 0.483 e. The van der Waals surface area contributed by atoms with Gasteiger partial charge in [0.1, 0.15) is 5.75 Å². The number of anilines is 1. The van der Waals surface area contributed by atoms with E-state index in [1.807, 2.05) is 49.5 Å². The molecular weight excluding hydrogens is 464 g/mol. The molecule has 30 heavy (non-hydrogen) atoms. The monoisotopic (exact) mass is 484 g/mol. The summed E-state index contributed by atoms with van der Waals surface area (Å²) in [5.74, 6) is 0.318. The molecule has 0 bridgehead atoms. The minimum atomic E-state index is -0.262. The van der Waals surface area contributed by atoms with Crippen molar-refractivity contribution in [3.05, 3.63) is 86.3 Å². The third kappa shape index (κ3) is 5.71. The summed E-state index contributed by atoms with van der Waals surface area (Å²) in [7, 11) is 0. The minimum Gasteiger partial charge on any atom is -0.483 e. The number of carbonyl (C=O) groups is 1. The lowest BCUT2D eigenvalue weighted by atomic mass is 10.1. The van der Waals surface area contributed by atoms with Gasteiger partial charge in [-0.3, -0.25) is 9.79 Å². The summed E-state index contributed by atoms with van der Waals surface area (Å²) in [6, 6.07) is 17.0. The third-order valence-electron chi connectivity index (χ3n) is 4.70. The van der Waals surface area contributed by atoms with Gasteiger partial charge < -0.3 is 10.1 Å². The Bertz CT molecular complexity index is 1110.